The monoisotopic (exact) mass is 293 g/mol. The molecule has 21 heavy (non-hydrogen) atoms. The standard InChI is InChI=1S/C16H24FN3O/c1-2-18-16(19-9-8-15-7-4-10-21-15)20-12-13-5-3-6-14(17)11-13/h3,5-6,11,15H,2,4,7-10,12H2,1H3,(H2,18,19,20). The zero-order chi connectivity index (χ0) is 14.9. The second kappa shape index (κ2) is 8.62. The number of nitrogens with one attached hydrogen (secondary N) is 2. The minimum Gasteiger partial charge on any atom is -0.378 e. The largest absolute Gasteiger partial charge is 0.378 e. The Kier molecular flexibility index (Phi) is 6.47. The predicted octanol–water partition coefficient (Wildman–Crippen LogP) is 2.45. The summed E-state index contributed by atoms with van der Waals surface area (Å²) >= 11 is 0. The molecule has 2 rings (SSSR count). The highest BCUT2D eigenvalue weighted by Crippen LogP contribution is 2.14. The number of halogens is 1. The Balaban J connectivity index is 1.80. The molecule has 0 amide bonds. The molecule has 0 bridgehead atoms. The van der Waals surface area contributed by atoms with Crippen molar-refractivity contribution in [2.24, 2.45) is 4.99 Å². The molecule has 5 heteroatoms. The van der Waals surface area contributed by atoms with Gasteiger partial charge in [0.25, 0.3) is 0 Å². The van der Waals surface area contributed by atoms with E-state index in [9.17, 15) is 4.39 Å². The van der Waals surface area contributed by atoms with Crippen LogP contribution in [0.1, 0.15) is 31.7 Å². The summed E-state index contributed by atoms with van der Waals surface area (Å²) in [6, 6.07) is 6.54. The molecule has 2 N–H and O–H groups in total. The quantitative estimate of drug-likeness (QED) is 0.625. The summed E-state index contributed by atoms with van der Waals surface area (Å²) in [5.41, 5.74) is 0.867. The van der Waals surface area contributed by atoms with Crippen molar-refractivity contribution < 1.29 is 9.13 Å². The van der Waals surface area contributed by atoms with E-state index in [4.69, 9.17) is 4.74 Å². The number of rotatable bonds is 6. The molecule has 0 saturated carbocycles. The van der Waals surface area contributed by atoms with Crippen LogP contribution in [0.5, 0.6) is 0 Å². The van der Waals surface area contributed by atoms with Gasteiger partial charge in [-0.3, -0.25) is 0 Å². The first-order valence-corrected chi connectivity index (χ1v) is 7.66. The van der Waals surface area contributed by atoms with Gasteiger partial charge < -0.3 is 15.4 Å². The van der Waals surface area contributed by atoms with Crippen molar-refractivity contribution in [3.63, 3.8) is 0 Å². The fourth-order valence-electron chi connectivity index (χ4n) is 2.37. The van der Waals surface area contributed by atoms with E-state index in [-0.39, 0.29) is 5.82 Å². The van der Waals surface area contributed by atoms with Crippen molar-refractivity contribution in [3.05, 3.63) is 35.6 Å². The summed E-state index contributed by atoms with van der Waals surface area (Å²) in [7, 11) is 0. The molecule has 1 fully saturated rings. The molecule has 1 unspecified atom stereocenters. The van der Waals surface area contributed by atoms with Crippen molar-refractivity contribution in [2.45, 2.75) is 38.8 Å². The normalized spacial score (nSPS) is 18.8. The van der Waals surface area contributed by atoms with Crippen LogP contribution in [-0.2, 0) is 11.3 Å². The molecule has 4 nitrogen and oxygen atoms in total. The van der Waals surface area contributed by atoms with Gasteiger partial charge >= 0.3 is 0 Å². The topological polar surface area (TPSA) is 45.7 Å². The highest BCUT2D eigenvalue weighted by Gasteiger charge is 2.14. The maximum Gasteiger partial charge on any atom is 0.191 e. The van der Waals surface area contributed by atoms with Gasteiger partial charge in [-0.25, -0.2) is 9.38 Å². The van der Waals surface area contributed by atoms with Crippen LogP contribution < -0.4 is 10.6 Å². The molecule has 1 aromatic rings. The Labute approximate surface area is 125 Å². The Morgan fingerprint density at radius 2 is 2.33 bits per heavy atom. The molecule has 1 aromatic carbocycles. The van der Waals surface area contributed by atoms with E-state index in [1.807, 2.05) is 13.0 Å². The van der Waals surface area contributed by atoms with Gasteiger partial charge in [0.05, 0.1) is 12.6 Å². The lowest BCUT2D eigenvalue weighted by Gasteiger charge is -2.13. The van der Waals surface area contributed by atoms with Gasteiger partial charge in [0, 0.05) is 19.7 Å². The highest BCUT2D eigenvalue weighted by molar-refractivity contribution is 5.79. The van der Waals surface area contributed by atoms with Gasteiger partial charge in [0.1, 0.15) is 5.82 Å². The van der Waals surface area contributed by atoms with E-state index in [1.165, 1.54) is 18.6 Å². The van der Waals surface area contributed by atoms with Crippen LogP contribution in [0.25, 0.3) is 0 Å². The van der Waals surface area contributed by atoms with Gasteiger partial charge in [0.2, 0.25) is 0 Å². The smallest absolute Gasteiger partial charge is 0.191 e. The van der Waals surface area contributed by atoms with Gasteiger partial charge in [-0.05, 0) is 43.9 Å². The van der Waals surface area contributed by atoms with Crippen LogP contribution in [0.4, 0.5) is 4.39 Å². The van der Waals surface area contributed by atoms with Crippen LogP contribution >= 0.6 is 0 Å². The summed E-state index contributed by atoms with van der Waals surface area (Å²) in [6.07, 6.45) is 3.69. The second-order valence-corrected chi connectivity index (χ2v) is 5.18. The Hall–Kier alpha value is -1.62. The molecule has 1 aliphatic rings. The molecule has 0 radical (unpaired) electrons. The molecule has 0 aromatic heterocycles. The third kappa shape index (κ3) is 5.71. The number of hydrogen-bond donors (Lipinski definition) is 2. The molecular formula is C16H24FN3O. The molecule has 1 atom stereocenters. The van der Waals surface area contributed by atoms with Gasteiger partial charge in [-0.2, -0.15) is 0 Å². The zero-order valence-electron chi connectivity index (χ0n) is 12.6. The molecule has 1 aliphatic heterocycles. The fraction of sp³-hybridized carbons (Fsp3) is 0.562. The zero-order valence-corrected chi connectivity index (χ0v) is 12.6. The van der Waals surface area contributed by atoms with Gasteiger partial charge in [0.15, 0.2) is 5.96 Å². The van der Waals surface area contributed by atoms with Crippen LogP contribution in [0.2, 0.25) is 0 Å². The van der Waals surface area contributed by atoms with Crippen molar-refractivity contribution in [2.75, 3.05) is 19.7 Å². The fourth-order valence-corrected chi connectivity index (χ4v) is 2.37. The van der Waals surface area contributed by atoms with E-state index < -0.39 is 0 Å². The SMILES string of the molecule is CCNC(=NCc1cccc(F)c1)NCCC1CCCO1. The van der Waals surface area contributed by atoms with Gasteiger partial charge in [-0.1, -0.05) is 12.1 Å². The number of nitrogens with zero attached hydrogens (tertiary/aromatic N) is 1. The highest BCUT2D eigenvalue weighted by atomic mass is 19.1. The molecule has 0 spiro atoms. The van der Waals surface area contributed by atoms with Crippen LogP contribution in [-0.4, -0.2) is 31.8 Å². The minimum atomic E-state index is -0.223. The molecular weight excluding hydrogens is 269 g/mol. The number of benzene rings is 1. The average molecular weight is 293 g/mol. The van der Waals surface area contributed by atoms with E-state index in [0.29, 0.717) is 12.6 Å². The van der Waals surface area contributed by atoms with E-state index in [2.05, 4.69) is 15.6 Å². The number of ether oxygens (including phenoxy) is 1. The van der Waals surface area contributed by atoms with Crippen LogP contribution in [0, 0.1) is 5.82 Å². The van der Waals surface area contributed by atoms with Crippen molar-refractivity contribution >= 4 is 5.96 Å². The summed E-state index contributed by atoms with van der Waals surface area (Å²) < 4.78 is 18.7. The van der Waals surface area contributed by atoms with Crippen LogP contribution in [0.3, 0.4) is 0 Å². The Morgan fingerprint density at radius 3 is 3.05 bits per heavy atom. The van der Waals surface area contributed by atoms with Gasteiger partial charge in [-0.15, -0.1) is 0 Å². The van der Waals surface area contributed by atoms with Crippen molar-refractivity contribution in [1.82, 2.24) is 10.6 Å². The average Bonchev–Trinajstić information content (AvgIpc) is 2.98. The summed E-state index contributed by atoms with van der Waals surface area (Å²) in [5.74, 6) is 0.541. The number of hydrogen-bond acceptors (Lipinski definition) is 2. The first-order chi connectivity index (χ1) is 10.3. The molecule has 1 heterocycles. The lowest BCUT2D eigenvalue weighted by Crippen LogP contribution is -2.38. The molecule has 1 saturated heterocycles. The summed E-state index contributed by atoms with van der Waals surface area (Å²) in [6.45, 7) is 5.01. The minimum absolute atomic E-state index is 0.223. The predicted molar refractivity (Wildman–Crippen MR) is 82.8 cm³/mol. The van der Waals surface area contributed by atoms with Crippen LogP contribution in [0.15, 0.2) is 29.3 Å². The maximum absolute atomic E-state index is 13.1. The summed E-state index contributed by atoms with van der Waals surface area (Å²) in [4.78, 5) is 4.48. The maximum atomic E-state index is 13.1. The second-order valence-electron chi connectivity index (χ2n) is 5.18. The van der Waals surface area contributed by atoms with E-state index >= 15 is 0 Å². The molecule has 116 valence electrons. The Morgan fingerprint density at radius 1 is 1.43 bits per heavy atom. The van der Waals surface area contributed by atoms with Crippen molar-refractivity contribution in [1.29, 1.82) is 0 Å². The summed E-state index contributed by atoms with van der Waals surface area (Å²) in [5, 5.41) is 6.49. The third-order valence-electron chi connectivity index (χ3n) is 3.44. The lowest BCUT2D eigenvalue weighted by molar-refractivity contribution is 0.105. The molecule has 0 aliphatic carbocycles. The first kappa shape index (κ1) is 15.8. The number of guanidine groups is 1. The lowest BCUT2D eigenvalue weighted by atomic mass is 10.2. The van der Waals surface area contributed by atoms with E-state index in [0.717, 1.165) is 44.1 Å². The first-order valence-electron chi connectivity index (χ1n) is 7.66. The number of aliphatic imine (C=N–C) groups is 1. The third-order valence-corrected chi connectivity index (χ3v) is 3.44. The van der Waals surface area contributed by atoms with Crippen molar-refractivity contribution in [3.8, 4) is 0 Å². The Bertz CT molecular complexity index is 459. The van der Waals surface area contributed by atoms with E-state index in [1.54, 1.807) is 6.07 Å².